The zero-order chi connectivity index (χ0) is 25.1. The number of benzene rings is 2. The number of aryl methyl sites for hydroxylation is 1. The van der Waals surface area contributed by atoms with Crippen molar-refractivity contribution < 1.29 is 27.9 Å². The van der Waals surface area contributed by atoms with E-state index in [1.807, 2.05) is 12.1 Å². The molecule has 184 valence electrons. The van der Waals surface area contributed by atoms with Gasteiger partial charge < -0.3 is 20.9 Å². The summed E-state index contributed by atoms with van der Waals surface area (Å²) in [5.41, 5.74) is 7.14. The van der Waals surface area contributed by atoms with Crippen LogP contribution in [0.25, 0.3) is 0 Å². The first kappa shape index (κ1) is 26.8. The Kier molecular flexibility index (Phi) is 10.0. The van der Waals surface area contributed by atoms with Crippen LogP contribution < -0.4 is 20.5 Å². The number of carbonyl (C=O) groups excluding carboxylic acids is 1. The molecule has 10 nitrogen and oxygen atoms in total. The number of carboxylic acid groups (broad SMARTS) is 1. The highest BCUT2D eigenvalue weighted by Gasteiger charge is 2.20. The molecule has 0 aliphatic heterocycles. The third kappa shape index (κ3) is 8.83. The molecule has 1 unspecified atom stereocenters. The van der Waals surface area contributed by atoms with Crippen molar-refractivity contribution in [3.8, 4) is 5.75 Å². The molecular formula is C23H30N4O6S. The molecule has 0 saturated heterocycles. The minimum absolute atomic E-state index is 0.00466. The largest absolute Gasteiger partial charge is 0.497 e. The van der Waals surface area contributed by atoms with Gasteiger partial charge in [0.15, 0.2) is 0 Å². The molecule has 1 amide bonds. The summed E-state index contributed by atoms with van der Waals surface area (Å²) in [4.78, 5) is 23.5. The molecule has 0 spiro atoms. The van der Waals surface area contributed by atoms with Crippen molar-refractivity contribution >= 4 is 27.7 Å². The summed E-state index contributed by atoms with van der Waals surface area (Å²) in [5, 5.41) is 19.1. The van der Waals surface area contributed by atoms with Gasteiger partial charge in [0, 0.05) is 18.5 Å². The predicted molar refractivity (Wildman–Crippen MR) is 127 cm³/mol. The van der Waals surface area contributed by atoms with Crippen LogP contribution in [-0.2, 0) is 26.0 Å². The van der Waals surface area contributed by atoms with Gasteiger partial charge in [-0.2, -0.15) is 0 Å². The van der Waals surface area contributed by atoms with E-state index >= 15 is 0 Å². The van der Waals surface area contributed by atoms with Gasteiger partial charge in [-0.05, 0) is 49.1 Å². The molecule has 2 rings (SSSR count). The van der Waals surface area contributed by atoms with Crippen molar-refractivity contribution in [1.29, 1.82) is 5.41 Å². The minimum Gasteiger partial charge on any atom is -0.497 e. The van der Waals surface area contributed by atoms with E-state index in [9.17, 15) is 18.0 Å². The zero-order valence-corrected chi connectivity index (χ0v) is 19.7. The molecule has 2 aromatic carbocycles. The first-order valence-electron chi connectivity index (χ1n) is 10.7. The lowest BCUT2D eigenvalue weighted by Crippen LogP contribution is -2.44. The lowest BCUT2D eigenvalue weighted by Gasteiger charge is -2.18. The highest BCUT2D eigenvalue weighted by Crippen LogP contribution is 2.15. The molecule has 0 saturated carbocycles. The number of methoxy groups -OCH3 is 1. The lowest BCUT2D eigenvalue weighted by molar-refractivity contribution is -0.137. The number of hydrogen-bond acceptors (Lipinski definition) is 6. The maximum absolute atomic E-state index is 12.5. The fourth-order valence-corrected chi connectivity index (χ4v) is 4.28. The molecule has 34 heavy (non-hydrogen) atoms. The summed E-state index contributed by atoms with van der Waals surface area (Å²) < 4.78 is 32.3. The number of amides is 1. The van der Waals surface area contributed by atoms with Gasteiger partial charge in [-0.3, -0.25) is 15.0 Å². The third-order valence-corrected chi connectivity index (χ3v) is 6.50. The lowest BCUT2D eigenvalue weighted by atomic mass is 10.0. The van der Waals surface area contributed by atoms with Crippen molar-refractivity contribution in [2.45, 2.75) is 43.0 Å². The van der Waals surface area contributed by atoms with Crippen molar-refractivity contribution in [3.63, 3.8) is 0 Å². The third-order valence-electron chi connectivity index (χ3n) is 5.06. The Hall–Kier alpha value is -3.44. The summed E-state index contributed by atoms with van der Waals surface area (Å²) in [7, 11) is -2.42. The van der Waals surface area contributed by atoms with Crippen LogP contribution in [0.15, 0.2) is 53.4 Å². The number of nitrogens with two attached hydrogens (primary N) is 1. The van der Waals surface area contributed by atoms with E-state index < -0.39 is 28.5 Å². The number of carbonyl (C=O) groups is 2. The quantitative estimate of drug-likeness (QED) is 0.152. The Morgan fingerprint density at radius 2 is 1.74 bits per heavy atom. The average molecular weight is 491 g/mol. The molecule has 0 radical (unpaired) electrons. The Balaban J connectivity index is 1.83. The molecule has 0 fully saturated rings. The number of sulfonamides is 1. The second kappa shape index (κ2) is 12.7. The second-order valence-electron chi connectivity index (χ2n) is 7.71. The summed E-state index contributed by atoms with van der Waals surface area (Å²) in [6.45, 7) is -0.255. The normalized spacial score (nSPS) is 12.0. The van der Waals surface area contributed by atoms with E-state index in [1.54, 1.807) is 12.1 Å². The first-order valence-corrected chi connectivity index (χ1v) is 12.2. The maximum Gasteiger partial charge on any atom is 0.305 e. The van der Waals surface area contributed by atoms with Gasteiger partial charge >= 0.3 is 5.97 Å². The molecule has 0 aliphatic carbocycles. The number of amidine groups is 1. The summed E-state index contributed by atoms with van der Waals surface area (Å²) in [6.07, 6.45) is 1.83. The van der Waals surface area contributed by atoms with Crippen LogP contribution >= 0.6 is 0 Å². The first-order chi connectivity index (χ1) is 16.1. The van der Waals surface area contributed by atoms with E-state index in [0.29, 0.717) is 17.7 Å². The summed E-state index contributed by atoms with van der Waals surface area (Å²) in [6, 6.07) is 12.2. The SMILES string of the molecule is COc1ccc(S(=O)(=O)NCC(CC(=O)O)NC(=O)CCCCc2ccc(C(=N)N)cc2)cc1. The van der Waals surface area contributed by atoms with E-state index in [2.05, 4.69) is 10.0 Å². The van der Waals surface area contributed by atoms with Crippen LogP contribution in [0.1, 0.15) is 36.8 Å². The average Bonchev–Trinajstić information content (AvgIpc) is 2.80. The topological polar surface area (TPSA) is 172 Å². The fraction of sp³-hybridized carbons (Fsp3) is 0.348. The number of carboxylic acids is 1. The van der Waals surface area contributed by atoms with Crippen LogP contribution in [0.4, 0.5) is 0 Å². The van der Waals surface area contributed by atoms with Crippen LogP contribution in [0.3, 0.4) is 0 Å². The molecule has 11 heteroatoms. The van der Waals surface area contributed by atoms with E-state index in [1.165, 1.54) is 31.4 Å². The second-order valence-corrected chi connectivity index (χ2v) is 9.47. The van der Waals surface area contributed by atoms with Gasteiger partial charge in [0.1, 0.15) is 11.6 Å². The van der Waals surface area contributed by atoms with Crippen LogP contribution in [0.5, 0.6) is 5.75 Å². The van der Waals surface area contributed by atoms with Gasteiger partial charge in [0.05, 0.1) is 24.5 Å². The fourth-order valence-electron chi connectivity index (χ4n) is 3.20. The number of rotatable bonds is 14. The highest BCUT2D eigenvalue weighted by atomic mass is 32.2. The molecule has 2 aromatic rings. The summed E-state index contributed by atoms with van der Waals surface area (Å²) >= 11 is 0. The van der Waals surface area contributed by atoms with Crippen molar-refractivity contribution in [2.24, 2.45) is 5.73 Å². The van der Waals surface area contributed by atoms with E-state index in [0.717, 1.165) is 18.4 Å². The number of aliphatic carboxylic acids is 1. The van der Waals surface area contributed by atoms with Crippen molar-refractivity contribution in [2.75, 3.05) is 13.7 Å². The Morgan fingerprint density at radius 3 is 2.29 bits per heavy atom. The number of unbranched alkanes of at least 4 members (excludes halogenated alkanes) is 1. The van der Waals surface area contributed by atoms with Crippen LogP contribution in [0.2, 0.25) is 0 Å². The molecule has 0 aliphatic rings. The smallest absolute Gasteiger partial charge is 0.305 e. The van der Waals surface area contributed by atoms with Gasteiger partial charge in [0.2, 0.25) is 15.9 Å². The molecule has 0 heterocycles. The van der Waals surface area contributed by atoms with Crippen molar-refractivity contribution in [3.05, 3.63) is 59.7 Å². The maximum atomic E-state index is 12.5. The number of nitrogen functional groups attached to an aromatic ring is 1. The minimum atomic E-state index is -3.88. The Morgan fingerprint density at radius 1 is 1.09 bits per heavy atom. The van der Waals surface area contributed by atoms with Gasteiger partial charge in [-0.15, -0.1) is 0 Å². The monoisotopic (exact) mass is 490 g/mol. The molecule has 1 atom stereocenters. The molecule has 0 bridgehead atoms. The van der Waals surface area contributed by atoms with Crippen LogP contribution in [0, 0.1) is 5.41 Å². The zero-order valence-electron chi connectivity index (χ0n) is 18.9. The van der Waals surface area contributed by atoms with Crippen molar-refractivity contribution in [1.82, 2.24) is 10.0 Å². The number of hydrogen-bond donors (Lipinski definition) is 5. The Labute approximate surface area is 199 Å². The number of nitrogens with one attached hydrogen (secondary N) is 3. The molecular weight excluding hydrogens is 460 g/mol. The summed E-state index contributed by atoms with van der Waals surface area (Å²) in [5.74, 6) is -0.988. The van der Waals surface area contributed by atoms with Gasteiger partial charge in [-0.1, -0.05) is 24.3 Å². The van der Waals surface area contributed by atoms with Gasteiger partial charge in [0.25, 0.3) is 0 Å². The highest BCUT2D eigenvalue weighted by molar-refractivity contribution is 7.89. The van der Waals surface area contributed by atoms with E-state index in [4.69, 9.17) is 21.0 Å². The number of ether oxygens (including phenoxy) is 1. The van der Waals surface area contributed by atoms with Gasteiger partial charge in [-0.25, -0.2) is 13.1 Å². The molecule has 6 N–H and O–H groups in total. The van der Waals surface area contributed by atoms with E-state index in [-0.39, 0.29) is 29.6 Å². The van der Waals surface area contributed by atoms with Crippen LogP contribution in [-0.4, -0.2) is 50.9 Å². The predicted octanol–water partition coefficient (Wildman–Crippen LogP) is 1.63. The molecule has 0 aromatic heterocycles. The standard InChI is InChI=1S/C23H30N4O6S/c1-33-19-10-12-20(13-11-19)34(31,32)26-15-18(14-22(29)30)27-21(28)5-3-2-4-16-6-8-17(9-7-16)23(24)25/h6-13,18,26H,2-5,14-15H2,1H3,(H3,24,25)(H,27,28)(H,29,30). The Bertz CT molecular complexity index is 1090.